The highest BCUT2D eigenvalue weighted by molar-refractivity contribution is 9.09. The monoisotopic (exact) mass is 366 g/mol. The van der Waals surface area contributed by atoms with E-state index in [0.29, 0.717) is 23.1 Å². The van der Waals surface area contributed by atoms with Crippen LogP contribution in [0.4, 0.5) is 0 Å². The molecule has 0 aromatic heterocycles. The lowest BCUT2D eigenvalue weighted by Gasteiger charge is -2.39. The lowest BCUT2D eigenvalue weighted by molar-refractivity contribution is 0.196. The summed E-state index contributed by atoms with van der Waals surface area (Å²) < 4.78 is 0. The molecule has 0 aromatic carbocycles. The summed E-state index contributed by atoms with van der Waals surface area (Å²) in [4.78, 5) is 3.13. The Balaban J connectivity index is 1.90. The average Bonchev–Trinajstić information content (AvgIpc) is 2.72. The van der Waals surface area contributed by atoms with E-state index in [1.165, 1.54) is 25.0 Å². The van der Waals surface area contributed by atoms with Crippen LogP contribution >= 0.6 is 15.9 Å². The zero-order valence-corrected chi connectivity index (χ0v) is 16.3. The molecule has 0 bridgehead atoms. The van der Waals surface area contributed by atoms with Crippen molar-refractivity contribution in [3.63, 3.8) is 0 Å². The predicted molar refractivity (Wildman–Crippen MR) is 98.0 cm³/mol. The summed E-state index contributed by atoms with van der Waals surface area (Å²) in [5, 5.41) is 3.83. The second-order valence-electron chi connectivity index (χ2n) is 8.57. The van der Waals surface area contributed by atoms with E-state index in [0.717, 1.165) is 12.3 Å². The normalized spacial score (nSPS) is 39.4. The van der Waals surface area contributed by atoms with E-state index in [-0.39, 0.29) is 5.41 Å². The van der Waals surface area contributed by atoms with Crippen LogP contribution in [-0.2, 0) is 0 Å². The number of nitrogens with one attached hydrogen (secondary N) is 1. The van der Waals surface area contributed by atoms with E-state index in [2.05, 4.69) is 72.9 Å². The van der Waals surface area contributed by atoms with Crippen molar-refractivity contribution in [3.05, 3.63) is 23.4 Å². The lowest BCUT2D eigenvalue weighted by atomic mass is 9.80. The van der Waals surface area contributed by atoms with Gasteiger partial charge in [-0.25, -0.2) is 0 Å². The van der Waals surface area contributed by atoms with Crippen LogP contribution in [0.2, 0.25) is 0 Å². The second kappa shape index (κ2) is 5.98. The molecule has 1 N–H and O–H groups in total. The summed E-state index contributed by atoms with van der Waals surface area (Å²) in [5.74, 6) is 0.853. The Labute approximate surface area is 144 Å². The third-order valence-corrected chi connectivity index (χ3v) is 6.25. The highest BCUT2D eigenvalue weighted by atomic mass is 79.9. The van der Waals surface area contributed by atoms with Gasteiger partial charge in [-0.3, -0.25) is 5.32 Å². The Morgan fingerprint density at radius 3 is 2.64 bits per heavy atom. The number of allylic oxidation sites excluding steroid dienone is 3. The van der Waals surface area contributed by atoms with Gasteiger partial charge < -0.3 is 4.90 Å². The largest absolute Gasteiger partial charge is 0.352 e. The van der Waals surface area contributed by atoms with E-state index in [9.17, 15) is 0 Å². The molecule has 0 radical (unpaired) electrons. The SMILES string of the molecule is CC1CCC2NC(C)N(C3=CC(Br)CC(C(C)(C)C)=C3)C2C1. The molecule has 2 aliphatic carbocycles. The Morgan fingerprint density at radius 1 is 1.23 bits per heavy atom. The van der Waals surface area contributed by atoms with Gasteiger partial charge in [-0.2, -0.15) is 0 Å². The molecule has 3 heteroatoms. The van der Waals surface area contributed by atoms with E-state index >= 15 is 0 Å². The molecular weight excluding hydrogens is 336 g/mol. The number of fused-ring (bicyclic) bond motifs is 1. The van der Waals surface area contributed by atoms with Gasteiger partial charge in [-0.05, 0) is 56.1 Å². The summed E-state index contributed by atoms with van der Waals surface area (Å²) in [6, 6.07) is 1.34. The minimum absolute atomic E-state index is 0.251. The molecule has 1 aliphatic heterocycles. The molecule has 5 unspecified atom stereocenters. The topological polar surface area (TPSA) is 15.3 Å². The van der Waals surface area contributed by atoms with Crippen molar-refractivity contribution in [3.8, 4) is 0 Å². The molecule has 2 nitrogen and oxygen atoms in total. The fourth-order valence-electron chi connectivity index (χ4n) is 4.37. The van der Waals surface area contributed by atoms with Crippen molar-refractivity contribution >= 4 is 15.9 Å². The van der Waals surface area contributed by atoms with Crippen LogP contribution in [0.5, 0.6) is 0 Å². The highest BCUT2D eigenvalue weighted by Crippen LogP contribution is 2.40. The lowest BCUT2D eigenvalue weighted by Crippen LogP contribution is -2.41. The van der Waals surface area contributed by atoms with Crippen LogP contribution in [0.3, 0.4) is 0 Å². The first kappa shape index (κ1) is 16.6. The molecule has 1 saturated carbocycles. The first-order valence-electron chi connectivity index (χ1n) is 8.87. The van der Waals surface area contributed by atoms with Gasteiger partial charge in [0.1, 0.15) is 0 Å². The summed E-state index contributed by atoms with van der Waals surface area (Å²) in [6.45, 7) is 11.7. The van der Waals surface area contributed by atoms with Gasteiger partial charge in [-0.1, -0.05) is 49.2 Å². The molecule has 5 atom stereocenters. The molecule has 0 amide bonds. The Bertz CT molecular complexity index is 488. The van der Waals surface area contributed by atoms with Crippen molar-refractivity contribution in [2.45, 2.75) is 83.4 Å². The van der Waals surface area contributed by atoms with Crippen molar-refractivity contribution < 1.29 is 0 Å². The smallest absolute Gasteiger partial charge is 0.0773 e. The van der Waals surface area contributed by atoms with Crippen molar-refractivity contribution in [2.75, 3.05) is 0 Å². The van der Waals surface area contributed by atoms with Gasteiger partial charge in [-0.15, -0.1) is 0 Å². The summed E-state index contributed by atoms with van der Waals surface area (Å²) in [7, 11) is 0. The second-order valence-corrected chi connectivity index (χ2v) is 9.75. The van der Waals surface area contributed by atoms with Gasteiger partial charge in [0.05, 0.1) is 6.17 Å². The van der Waals surface area contributed by atoms with Gasteiger partial charge in [0, 0.05) is 22.6 Å². The standard InChI is InChI=1S/C19H31BrN2/c1-12-6-7-17-18(8-12)22(13(2)21-17)16-10-14(19(3,4)5)9-15(20)11-16/h10-13,15,17-18,21H,6-9H2,1-5H3. The summed E-state index contributed by atoms with van der Waals surface area (Å²) in [5.41, 5.74) is 3.24. The number of hydrogen-bond acceptors (Lipinski definition) is 2. The fourth-order valence-corrected chi connectivity index (χ4v) is 4.99. The fraction of sp³-hybridized carbons (Fsp3) is 0.789. The van der Waals surface area contributed by atoms with Crippen molar-refractivity contribution in [1.29, 1.82) is 0 Å². The zero-order chi connectivity index (χ0) is 16.1. The zero-order valence-electron chi connectivity index (χ0n) is 14.7. The maximum absolute atomic E-state index is 3.86. The molecule has 124 valence electrons. The van der Waals surface area contributed by atoms with Gasteiger partial charge in [0.25, 0.3) is 0 Å². The molecule has 0 spiro atoms. The molecule has 0 aromatic rings. The molecular formula is C19H31BrN2. The van der Waals surface area contributed by atoms with Crippen LogP contribution in [0.1, 0.15) is 60.3 Å². The number of halogens is 1. The van der Waals surface area contributed by atoms with Crippen LogP contribution in [0.25, 0.3) is 0 Å². The molecule has 3 rings (SSSR count). The van der Waals surface area contributed by atoms with Gasteiger partial charge in [0.15, 0.2) is 0 Å². The van der Waals surface area contributed by atoms with E-state index in [1.807, 2.05) is 0 Å². The third-order valence-electron chi connectivity index (χ3n) is 5.66. The first-order chi connectivity index (χ1) is 10.3. The third kappa shape index (κ3) is 3.17. The Hall–Kier alpha value is -0.280. The molecule has 1 heterocycles. The van der Waals surface area contributed by atoms with E-state index < -0.39 is 0 Å². The molecule has 3 aliphatic rings. The number of rotatable bonds is 1. The van der Waals surface area contributed by atoms with Crippen molar-refractivity contribution in [2.24, 2.45) is 11.3 Å². The number of nitrogens with zero attached hydrogens (tertiary/aromatic N) is 1. The highest BCUT2D eigenvalue weighted by Gasteiger charge is 2.42. The summed E-state index contributed by atoms with van der Waals surface area (Å²) >= 11 is 3.86. The average molecular weight is 367 g/mol. The number of hydrogen-bond donors (Lipinski definition) is 1. The van der Waals surface area contributed by atoms with Crippen LogP contribution in [-0.4, -0.2) is 28.0 Å². The molecule has 22 heavy (non-hydrogen) atoms. The maximum Gasteiger partial charge on any atom is 0.0773 e. The summed E-state index contributed by atoms with van der Waals surface area (Å²) in [6.07, 6.45) is 10.5. The molecule has 1 saturated heterocycles. The minimum Gasteiger partial charge on any atom is -0.352 e. The molecule has 2 fully saturated rings. The number of alkyl halides is 1. The van der Waals surface area contributed by atoms with Crippen LogP contribution < -0.4 is 5.32 Å². The maximum atomic E-state index is 3.86. The minimum atomic E-state index is 0.251. The van der Waals surface area contributed by atoms with Crippen LogP contribution in [0, 0.1) is 11.3 Å². The van der Waals surface area contributed by atoms with E-state index in [1.54, 1.807) is 5.57 Å². The van der Waals surface area contributed by atoms with Gasteiger partial charge >= 0.3 is 0 Å². The predicted octanol–water partition coefficient (Wildman–Crippen LogP) is 4.82. The van der Waals surface area contributed by atoms with E-state index in [4.69, 9.17) is 0 Å². The van der Waals surface area contributed by atoms with Crippen molar-refractivity contribution in [1.82, 2.24) is 10.2 Å². The quantitative estimate of drug-likeness (QED) is 0.669. The first-order valence-corrected chi connectivity index (χ1v) is 9.78. The Kier molecular flexibility index (Phi) is 4.50. The van der Waals surface area contributed by atoms with Gasteiger partial charge in [0.2, 0.25) is 0 Å². The Morgan fingerprint density at radius 2 is 1.95 bits per heavy atom. The van der Waals surface area contributed by atoms with Crippen LogP contribution in [0.15, 0.2) is 23.4 Å².